The Bertz CT molecular complexity index is 489. The first kappa shape index (κ1) is 11.7. The maximum Gasteiger partial charge on any atom is 0.223 e. The van der Waals surface area contributed by atoms with E-state index in [9.17, 15) is 4.79 Å². The van der Waals surface area contributed by atoms with Gasteiger partial charge in [-0.2, -0.15) is 5.26 Å². The van der Waals surface area contributed by atoms with E-state index < -0.39 is 0 Å². The summed E-state index contributed by atoms with van der Waals surface area (Å²) in [6, 6.07) is 10.2. The van der Waals surface area contributed by atoms with Crippen molar-refractivity contribution in [1.29, 1.82) is 5.26 Å². The maximum atomic E-state index is 11.6. The van der Waals surface area contributed by atoms with Crippen LogP contribution in [-0.4, -0.2) is 12.5 Å². The second-order valence-electron chi connectivity index (χ2n) is 4.84. The molecule has 0 saturated heterocycles. The summed E-state index contributed by atoms with van der Waals surface area (Å²) in [5.74, 6) is 0.0677. The molecular formula is C14H16N2O. The van der Waals surface area contributed by atoms with E-state index in [0.717, 1.165) is 12.1 Å². The number of anilines is 1. The zero-order valence-corrected chi connectivity index (χ0v) is 10.2. The molecule has 17 heavy (non-hydrogen) atoms. The lowest BCUT2D eigenvalue weighted by Gasteiger charge is -2.24. The largest absolute Gasteiger partial charge is 0.311 e. The van der Waals surface area contributed by atoms with E-state index in [4.69, 9.17) is 5.26 Å². The van der Waals surface area contributed by atoms with Crippen molar-refractivity contribution in [2.24, 2.45) is 0 Å². The number of nitrogens with zero attached hydrogens (tertiary/aromatic N) is 2. The molecule has 0 aliphatic carbocycles. The number of benzene rings is 1. The first-order chi connectivity index (χ1) is 8.08. The quantitative estimate of drug-likeness (QED) is 0.781. The van der Waals surface area contributed by atoms with Crippen molar-refractivity contribution in [3.8, 4) is 6.07 Å². The van der Waals surface area contributed by atoms with E-state index in [0.29, 0.717) is 13.0 Å². The average Bonchev–Trinajstić information content (AvgIpc) is 2.62. The summed E-state index contributed by atoms with van der Waals surface area (Å²) < 4.78 is 0. The standard InChI is InChI=1S/C14H16N2O/c1-11(17)16-10-14(2,8-5-9-15)12-6-3-4-7-13(12)16/h3-4,6-7H,5,8,10H2,1-2H3. The number of hydrogen-bond acceptors (Lipinski definition) is 2. The van der Waals surface area contributed by atoms with Gasteiger partial charge in [0.2, 0.25) is 5.91 Å². The van der Waals surface area contributed by atoms with E-state index in [2.05, 4.69) is 19.1 Å². The van der Waals surface area contributed by atoms with Gasteiger partial charge in [0.15, 0.2) is 0 Å². The van der Waals surface area contributed by atoms with Gasteiger partial charge in [0.1, 0.15) is 0 Å². The number of rotatable bonds is 2. The zero-order chi connectivity index (χ0) is 12.5. The van der Waals surface area contributed by atoms with Crippen LogP contribution in [0.1, 0.15) is 32.3 Å². The molecule has 0 bridgehead atoms. The number of hydrogen-bond donors (Lipinski definition) is 0. The van der Waals surface area contributed by atoms with Gasteiger partial charge in [-0.05, 0) is 18.1 Å². The van der Waals surface area contributed by atoms with Crippen molar-refractivity contribution in [3.63, 3.8) is 0 Å². The van der Waals surface area contributed by atoms with Gasteiger partial charge >= 0.3 is 0 Å². The van der Waals surface area contributed by atoms with Crippen LogP contribution < -0.4 is 4.90 Å². The summed E-state index contributed by atoms with van der Waals surface area (Å²) >= 11 is 0. The molecule has 88 valence electrons. The molecule has 1 atom stereocenters. The fourth-order valence-electron chi connectivity index (χ4n) is 2.57. The molecule has 0 aromatic heterocycles. The summed E-state index contributed by atoms with van der Waals surface area (Å²) in [4.78, 5) is 13.4. The molecule has 1 aliphatic rings. The molecule has 0 saturated carbocycles. The number of para-hydroxylation sites is 1. The molecule has 1 aliphatic heterocycles. The number of nitriles is 1. The third-order valence-corrected chi connectivity index (χ3v) is 3.52. The van der Waals surface area contributed by atoms with E-state index in [1.807, 2.05) is 23.1 Å². The molecule has 0 radical (unpaired) electrons. The predicted molar refractivity (Wildman–Crippen MR) is 66.7 cm³/mol. The van der Waals surface area contributed by atoms with Crippen LogP contribution >= 0.6 is 0 Å². The van der Waals surface area contributed by atoms with Crippen molar-refractivity contribution in [1.82, 2.24) is 0 Å². The van der Waals surface area contributed by atoms with Gasteiger partial charge in [0.05, 0.1) is 6.07 Å². The Kier molecular flexibility index (Phi) is 2.89. The van der Waals surface area contributed by atoms with Crippen molar-refractivity contribution in [3.05, 3.63) is 29.8 Å². The fraction of sp³-hybridized carbons (Fsp3) is 0.429. The van der Waals surface area contributed by atoms with Gasteiger partial charge in [-0.3, -0.25) is 4.79 Å². The summed E-state index contributed by atoms with van der Waals surface area (Å²) in [5, 5.41) is 8.73. The van der Waals surface area contributed by atoms with Crippen molar-refractivity contribution >= 4 is 11.6 Å². The number of carbonyl (C=O) groups is 1. The van der Waals surface area contributed by atoms with Crippen LogP contribution in [-0.2, 0) is 10.2 Å². The van der Waals surface area contributed by atoms with E-state index in [1.165, 1.54) is 5.56 Å². The molecule has 1 aromatic rings. The fourth-order valence-corrected chi connectivity index (χ4v) is 2.57. The van der Waals surface area contributed by atoms with E-state index in [-0.39, 0.29) is 11.3 Å². The smallest absolute Gasteiger partial charge is 0.223 e. The maximum absolute atomic E-state index is 11.6. The lowest BCUT2D eigenvalue weighted by molar-refractivity contribution is -0.116. The van der Waals surface area contributed by atoms with Gasteiger partial charge < -0.3 is 4.90 Å². The molecule has 3 nitrogen and oxygen atoms in total. The normalized spacial score (nSPS) is 22.1. The highest BCUT2D eigenvalue weighted by atomic mass is 16.2. The molecule has 0 N–H and O–H groups in total. The lowest BCUT2D eigenvalue weighted by Crippen LogP contribution is -2.33. The Morgan fingerprint density at radius 2 is 2.24 bits per heavy atom. The van der Waals surface area contributed by atoms with Crippen LogP contribution in [0.4, 0.5) is 5.69 Å². The van der Waals surface area contributed by atoms with Gasteiger partial charge in [-0.15, -0.1) is 0 Å². The summed E-state index contributed by atoms with van der Waals surface area (Å²) in [5.41, 5.74) is 2.10. The second-order valence-corrected chi connectivity index (χ2v) is 4.84. The molecule has 0 fully saturated rings. The zero-order valence-electron chi connectivity index (χ0n) is 10.2. The van der Waals surface area contributed by atoms with Crippen LogP contribution in [0.15, 0.2) is 24.3 Å². The number of carbonyl (C=O) groups excluding carboxylic acids is 1. The molecule has 1 unspecified atom stereocenters. The van der Waals surface area contributed by atoms with E-state index in [1.54, 1.807) is 6.92 Å². The Morgan fingerprint density at radius 3 is 2.88 bits per heavy atom. The van der Waals surface area contributed by atoms with Crippen LogP contribution in [0.3, 0.4) is 0 Å². The molecule has 1 aromatic carbocycles. The Hall–Kier alpha value is -1.82. The molecule has 1 heterocycles. The third kappa shape index (κ3) is 1.91. The van der Waals surface area contributed by atoms with Crippen molar-refractivity contribution in [2.45, 2.75) is 32.1 Å². The average molecular weight is 228 g/mol. The van der Waals surface area contributed by atoms with Crippen LogP contribution in [0.2, 0.25) is 0 Å². The van der Waals surface area contributed by atoms with E-state index >= 15 is 0 Å². The minimum absolute atomic E-state index is 0.0677. The van der Waals surface area contributed by atoms with Crippen LogP contribution in [0.5, 0.6) is 0 Å². The second kappa shape index (κ2) is 4.21. The van der Waals surface area contributed by atoms with Gasteiger partial charge in [0, 0.05) is 31.0 Å². The summed E-state index contributed by atoms with van der Waals surface area (Å²) in [7, 11) is 0. The Labute approximate surface area is 102 Å². The predicted octanol–water partition coefficient (Wildman–Crippen LogP) is 2.61. The first-order valence-corrected chi connectivity index (χ1v) is 5.83. The molecule has 2 rings (SSSR count). The summed E-state index contributed by atoms with van der Waals surface area (Å²) in [6.45, 7) is 4.41. The van der Waals surface area contributed by atoms with Gasteiger partial charge in [0.25, 0.3) is 0 Å². The van der Waals surface area contributed by atoms with Crippen LogP contribution in [0, 0.1) is 11.3 Å². The number of amides is 1. The summed E-state index contributed by atoms with van der Waals surface area (Å²) in [6.07, 6.45) is 1.32. The van der Waals surface area contributed by atoms with Gasteiger partial charge in [-0.25, -0.2) is 0 Å². The molecule has 0 spiro atoms. The first-order valence-electron chi connectivity index (χ1n) is 5.83. The van der Waals surface area contributed by atoms with Crippen molar-refractivity contribution < 1.29 is 4.79 Å². The Morgan fingerprint density at radius 1 is 1.53 bits per heavy atom. The highest BCUT2D eigenvalue weighted by Gasteiger charge is 2.39. The monoisotopic (exact) mass is 228 g/mol. The third-order valence-electron chi connectivity index (χ3n) is 3.52. The highest BCUT2D eigenvalue weighted by Crippen LogP contribution is 2.43. The lowest BCUT2D eigenvalue weighted by atomic mass is 9.80. The van der Waals surface area contributed by atoms with Crippen LogP contribution in [0.25, 0.3) is 0 Å². The molecule has 1 amide bonds. The molecule has 3 heteroatoms. The highest BCUT2D eigenvalue weighted by molar-refractivity contribution is 5.94. The minimum atomic E-state index is -0.0853. The van der Waals surface area contributed by atoms with Gasteiger partial charge in [-0.1, -0.05) is 25.1 Å². The topological polar surface area (TPSA) is 44.1 Å². The molecular weight excluding hydrogens is 212 g/mol. The minimum Gasteiger partial charge on any atom is -0.311 e. The Balaban J connectivity index is 2.41. The SMILES string of the molecule is CC(=O)N1CC(C)(CCC#N)c2ccccc21. The number of fused-ring (bicyclic) bond motifs is 1. The van der Waals surface area contributed by atoms with Crippen molar-refractivity contribution in [2.75, 3.05) is 11.4 Å².